The van der Waals surface area contributed by atoms with Crippen molar-refractivity contribution in [3.63, 3.8) is 0 Å². The average Bonchev–Trinajstić information content (AvgIpc) is 2.50. The van der Waals surface area contributed by atoms with Crippen molar-refractivity contribution in [3.05, 3.63) is 48.0 Å². The van der Waals surface area contributed by atoms with E-state index in [1.54, 1.807) is 20.3 Å². The highest BCUT2D eigenvalue weighted by Gasteiger charge is 2.06. The van der Waals surface area contributed by atoms with E-state index in [1.807, 2.05) is 43.3 Å². The van der Waals surface area contributed by atoms with Gasteiger partial charge in [0.2, 0.25) is 0 Å². The number of rotatable bonds is 4. The van der Waals surface area contributed by atoms with Crippen LogP contribution in [0.5, 0.6) is 11.5 Å². The minimum absolute atomic E-state index is 0.502. The molecule has 0 atom stereocenters. The molecule has 0 radical (unpaired) electrons. The average molecular weight is 302 g/mol. The lowest BCUT2D eigenvalue weighted by atomic mass is 10.2. The van der Waals surface area contributed by atoms with Gasteiger partial charge in [-0.05, 0) is 43.4 Å². The van der Waals surface area contributed by atoms with Gasteiger partial charge < -0.3 is 20.1 Å². The van der Waals surface area contributed by atoms with Crippen LogP contribution in [0, 0.1) is 6.92 Å². The van der Waals surface area contributed by atoms with Crippen LogP contribution in [0.4, 0.5) is 11.4 Å². The van der Waals surface area contributed by atoms with E-state index in [0.29, 0.717) is 10.9 Å². The first-order valence-corrected chi connectivity index (χ1v) is 6.90. The molecule has 0 aliphatic rings. The van der Waals surface area contributed by atoms with Gasteiger partial charge in [-0.1, -0.05) is 17.7 Å². The van der Waals surface area contributed by atoms with E-state index in [9.17, 15) is 0 Å². The lowest BCUT2D eigenvalue weighted by Gasteiger charge is -2.14. The van der Waals surface area contributed by atoms with Crippen LogP contribution in [0.15, 0.2) is 42.5 Å². The minimum atomic E-state index is 0.502. The quantitative estimate of drug-likeness (QED) is 0.840. The number of anilines is 2. The molecule has 110 valence electrons. The zero-order chi connectivity index (χ0) is 15.2. The molecule has 0 saturated heterocycles. The number of aryl methyl sites for hydroxylation is 1. The van der Waals surface area contributed by atoms with Gasteiger partial charge in [0.15, 0.2) is 5.11 Å². The normalized spacial score (nSPS) is 9.86. The predicted molar refractivity (Wildman–Crippen MR) is 90.6 cm³/mol. The molecule has 0 aromatic heterocycles. The number of nitrogens with one attached hydrogen (secondary N) is 2. The Morgan fingerprint density at radius 2 is 1.67 bits per heavy atom. The van der Waals surface area contributed by atoms with Crippen LogP contribution >= 0.6 is 12.2 Å². The maximum absolute atomic E-state index is 5.32. The molecule has 0 aliphatic heterocycles. The zero-order valence-electron chi connectivity index (χ0n) is 12.3. The van der Waals surface area contributed by atoms with E-state index in [-0.39, 0.29) is 0 Å². The third-order valence-corrected chi connectivity index (χ3v) is 3.17. The fraction of sp³-hybridized carbons (Fsp3) is 0.188. The van der Waals surface area contributed by atoms with Crippen molar-refractivity contribution in [2.75, 3.05) is 24.9 Å². The van der Waals surface area contributed by atoms with Gasteiger partial charge in [0.05, 0.1) is 19.9 Å². The van der Waals surface area contributed by atoms with E-state index in [1.165, 1.54) is 5.56 Å². The molecule has 21 heavy (non-hydrogen) atoms. The Kier molecular flexibility index (Phi) is 5.00. The van der Waals surface area contributed by atoms with Gasteiger partial charge in [0.1, 0.15) is 11.5 Å². The summed E-state index contributed by atoms with van der Waals surface area (Å²) >= 11 is 5.31. The van der Waals surface area contributed by atoms with Crippen molar-refractivity contribution in [1.82, 2.24) is 0 Å². The smallest absolute Gasteiger partial charge is 0.175 e. The fourth-order valence-corrected chi connectivity index (χ4v) is 2.05. The number of hydrogen-bond acceptors (Lipinski definition) is 3. The summed E-state index contributed by atoms with van der Waals surface area (Å²) in [4.78, 5) is 0. The van der Waals surface area contributed by atoms with Crippen LogP contribution in [0.1, 0.15) is 5.56 Å². The standard InChI is InChI=1S/C16H18N2O2S/c1-11-4-6-12(7-5-11)17-16(21)18-14-9-8-13(19-2)10-15(14)20-3/h4-10H,1-3H3,(H2,17,18,21). The predicted octanol–water partition coefficient (Wildman–Crippen LogP) is 3.82. The summed E-state index contributed by atoms with van der Waals surface area (Å²) in [5.41, 5.74) is 2.92. The first-order valence-electron chi connectivity index (χ1n) is 6.49. The first-order chi connectivity index (χ1) is 10.1. The Labute approximate surface area is 130 Å². The Balaban J connectivity index is 2.07. The summed E-state index contributed by atoms with van der Waals surface area (Å²) in [6, 6.07) is 13.5. The molecule has 0 amide bonds. The van der Waals surface area contributed by atoms with Gasteiger partial charge >= 0.3 is 0 Å². The molecule has 0 heterocycles. The van der Waals surface area contributed by atoms with E-state index in [4.69, 9.17) is 21.7 Å². The van der Waals surface area contributed by atoms with Gasteiger partial charge in [0.25, 0.3) is 0 Å². The van der Waals surface area contributed by atoms with Crippen molar-refractivity contribution >= 4 is 28.7 Å². The largest absolute Gasteiger partial charge is 0.497 e. The van der Waals surface area contributed by atoms with E-state index < -0.39 is 0 Å². The number of hydrogen-bond donors (Lipinski definition) is 2. The lowest BCUT2D eigenvalue weighted by Crippen LogP contribution is -2.19. The number of methoxy groups -OCH3 is 2. The third kappa shape index (κ3) is 4.10. The second-order valence-electron chi connectivity index (χ2n) is 4.51. The van der Waals surface area contributed by atoms with Crippen LogP contribution in [0.2, 0.25) is 0 Å². The fourth-order valence-electron chi connectivity index (χ4n) is 1.82. The Hall–Kier alpha value is -2.27. The second kappa shape index (κ2) is 6.95. The molecule has 2 aromatic carbocycles. The van der Waals surface area contributed by atoms with E-state index in [0.717, 1.165) is 17.1 Å². The molecular weight excluding hydrogens is 284 g/mol. The summed E-state index contributed by atoms with van der Waals surface area (Å²) in [5, 5.41) is 6.75. The highest BCUT2D eigenvalue weighted by atomic mass is 32.1. The Morgan fingerprint density at radius 3 is 2.29 bits per heavy atom. The van der Waals surface area contributed by atoms with E-state index in [2.05, 4.69) is 10.6 Å². The zero-order valence-corrected chi connectivity index (χ0v) is 13.1. The molecule has 5 heteroatoms. The van der Waals surface area contributed by atoms with Crippen LogP contribution < -0.4 is 20.1 Å². The third-order valence-electron chi connectivity index (χ3n) is 2.97. The van der Waals surface area contributed by atoms with Crippen molar-refractivity contribution in [1.29, 1.82) is 0 Å². The number of benzene rings is 2. The molecule has 0 saturated carbocycles. The molecular formula is C16H18N2O2S. The van der Waals surface area contributed by atoms with Crippen LogP contribution in [-0.4, -0.2) is 19.3 Å². The molecule has 0 unspecified atom stereocenters. The molecule has 0 spiro atoms. The van der Waals surface area contributed by atoms with Crippen molar-refractivity contribution in [3.8, 4) is 11.5 Å². The van der Waals surface area contributed by atoms with Gasteiger partial charge in [-0.15, -0.1) is 0 Å². The molecule has 2 N–H and O–H groups in total. The molecule has 0 fully saturated rings. The van der Waals surface area contributed by atoms with Gasteiger partial charge in [-0.2, -0.15) is 0 Å². The Morgan fingerprint density at radius 1 is 0.952 bits per heavy atom. The van der Waals surface area contributed by atoms with Crippen molar-refractivity contribution < 1.29 is 9.47 Å². The maximum atomic E-state index is 5.32. The summed E-state index contributed by atoms with van der Waals surface area (Å²) in [6.07, 6.45) is 0. The number of thiocarbonyl (C=S) groups is 1. The summed E-state index contributed by atoms with van der Waals surface area (Å²) in [5.74, 6) is 1.40. The summed E-state index contributed by atoms with van der Waals surface area (Å²) in [7, 11) is 3.22. The van der Waals surface area contributed by atoms with Crippen LogP contribution in [-0.2, 0) is 0 Å². The number of ether oxygens (including phenoxy) is 2. The minimum Gasteiger partial charge on any atom is -0.497 e. The molecule has 0 bridgehead atoms. The topological polar surface area (TPSA) is 42.5 Å². The monoisotopic (exact) mass is 302 g/mol. The van der Waals surface area contributed by atoms with Gasteiger partial charge in [-0.25, -0.2) is 0 Å². The van der Waals surface area contributed by atoms with Crippen molar-refractivity contribution in [2.45, 2.75) is 6.92 Å². The van der Waals surface area contributed by atoms with Crippen molar-refractivity contribution in [2.24, 2.45) is 0 Å². The Bertz CT molecular complexity index is 627. The molecule has 4 nitrogen and oxygen atoms in total. The van der Waals surface area contributed by atoms with Crippen LogP contribution in [0.25, 0.3) is 0 Å². The van der Waals surface area contributed by atoms with Gasteiger partial charge in [0, 0.05) is 11.8 Å². The highest BCUT2D eigenvalue weighted by Crippen LogP contribution is 2.29. The summed E-state index contributed by atoms with van der Waals surface area (Å²) < 4.78 is 10.5. The maximum Gasteiger partial charge on any atom is 0.175 e. The molecule has 0 aliphatic carbocycles. The van der Waals surface area contributed by atoms with Crippen LogP contribution in [0.3, 0.4) is 0 Å². The first kappa shape index (κ1) is 15.1. The summed E-state index contributed by atoms with van der Waals surface area (Å²) in [6.45, 7) is 2.04. The van der Waals surface area contributed by atoms with E-state index >= 15 is 0 Å². The SMILES string of the molecule is COc1ccc(NC(=S)Nc2ccc(C)cc2)c(OC)c1. The molecule has 2 rings (SSSR count). The lowest BCUT2D eigenvalue weighted by molar-refractivity contribution is 0.395. The second-order valence-corrected chi connectivity index (χ2v) is 4.92. The van der Waals surface area contributed by atoms with Gasteiger partial charge in [-0.3, -0.25) is 0 Å². The molecule has 2 aromatic rings. The highest BCUT2D eigenvalue weighted by molar-refractivity contribution is 7.80.